The second-order valence-corrected chi connectivity index (χ2v) is 7.75. The van der Waals surface area contributed by atoms with Gasteiger partial charge in [-0.15, -0.1) is 0 Å². The molecule has 1 heterocycles. The van der Waals surface area contributed by atoms with Crippen molar-refractivity contribution in [3.8, 4) is 5.75 Å². The summed E-state index contributed by atoms with van der Waals surface area (Å²) in [6.07, 6.45) is 7.35. The number of anilines is 1. The van der Waals surface area contributed by atoms with Gasteiger partial charge in [0.2, 0.25) is 0 Å². The maximum Gasteiger partial charge on any atom is 0.433 e. The third-order valence-electron chi connectivity index (χ3n) is 5.09. The van der Waals surface area contributed by atoms with E-state index in [1.807, 2.05) is 13.0 Å². The lowest BCUT2D eigenvalue weighted by Crippen LogP contribution is -2.12. The van der Waals surface area contributed by atoms with E-state index in [1.54, 1.807) is 31.2 Å². The number of halogens is 3. The highest BCUT2D eigenvalue weighted by atomic mass is 19.4. The van der Waals surface area contributed by atoms with Gasteiger partial charge in [-0.2, -0.15) is 13.2 Å². The molecule has 2 rings (SSSR count). The first-order valence-corrected chi connectivity index (χ1v) is 11.5. The van der Waals surface area contributed by atoms with Gasteiger partial charge in [-0.1, -0.05) is 44.9 Å². The summed E-state index contributed by atoms with van der Waals surface area (Å²) in [6.45, 7) is 5.81. The van der Waals surface area contributed by atoms with Crippen molar-refractivity contribution < 1.29 is 17.9 Å². The summed E-state index contributed by atoms with van der Waals surface area (Å²) in [5.74, 6) is 0.978. The first-order valence-electron chi connectivity index (χ1n) is 11.5. The number of alkyl halides is 3. The third-order valence-corrected chi connectivity index (χ3v) is 5.09. The molecule has 0 aliphatic rings. The van der Waals surface area contributed by atoms with Crippen molar-refractivity contribution in [1.29, 1.82) is 5.41 Å². The van der Waals surface area contributed by atoms with E-state index >= 15 is 0 Å². The Hall–Kier alpha value is -3.49. The average molecular weight is 488 g/mol. The second-order valence-electron chi connectivity index (χ2n) is 7.75. The Balaban J connectivity index is 2.33. The Kier molecular flexibility index (Phi) is 10.6. The summed E-state index contributed by atoms with van der Waals surface area (Å²) in [4.78, 5) is 12.3. The fourth-order valence-electron chi connectivity index (χ4n) is 3.13. The maximum atomic E-state index is 13.2. The standard InChI is InChI=1S/C26H32F3N5O/c1-5-8-10-11-21(30)19-13-20-24(22(14-19)35-4)33-17-34-25(20)32-16-18(7-3)15-31-23(12-9-6-2)26(27,28)29/h7,10-15,17,30H,5-6,8-9,16H2,1-4H3,(H,32,33,34)/b11-10-,18-7+,23-12+,30-21?,31-15+. The van der Waals surface area contributed by atoms with Crippen LogP contribution in [-0.4, -0.2) is 41.7 Å². The van der Waals surface area contributed by atoms with Crippen LogP contribution in [0.4, 0.5) is 19.0 Å². The average Bonchev–Trinajstić information content (AvgIpc) is 2.84. The molecule has 0 fully saturated rings. The molecule has 1 aromatic heterocycles. The molecule has 6 nitrogen and oxygen atoms in total. The van der Waals surface area contributed by atoms with Crippen molar-refractivity contribution in [3.05, 3.63) is 59.6 Å². The molecule has 35 heavy (non-hydrogen) atoms. The molecular formula is C26H32F3N5O. The SMILES string of the molecule is C\C=C(/C=N/C(=C/CCC)C(F)(F)F)CNc1ncnc2c(OC)cc(C(=N)/C=C\CCC)cc12. The molecule has 0 aliphatic carbocycles. The molecule has 2 N–H and O–H groups in total. The second kappa shape index (κ2) is 13.4. The van der Waals surface area contributed by atoms with Crippen molar-refractivity contribution in [1.82, 2.24) is 9.97 Å². The Bertz CT molecular complexity index is 1130. The molecule has 0 saturated carbocycles. The summed E-state index contributed by atoms with van der Waals surface area (Å²) >= 11 is 0. The lowest BCUT2D eigenvalue weighted by atomic mass is 10.0. The van der Waals surface area contributed by atoms with Crippen LogP contribution >= 0.6 is 0 Å². The van der Waals surface area contributed by atoms with Gasteiger partial charge in [-0.05, 0) is 43.5 Å². The Morgan fingerprint density at radius 2 is 1.91 bits per heavy atom. The van der Waals surface area contributed by atoms with Crippen molar-refractivity contribution >= 4 is 28.6 Å². The first-order chi connectivity index (χ1) is 16.7. The number of fused-ring (bicyclic) bond motifs is 1. The predicted molar refractivity (Wildman–Crippen MR) is 137 cm³/mol. The number of allylic oxidation sites excluding steroid dienone is 5. The van der Waals surface area contributed by atoms with Crippen molar-refractivity contribution in [2.45, 2.75) is 52.6 Å². The van der Waals surface area contributed by atoms with Gasteiger partial charge in [-0.25, -0.2) is 9.97 Å². The van der Waals surface area contributed by atoms with Crippen LogP contribution in [0.1, 0.15) is 52.0 Å². The maximum absolute atomic E-state index is 13.2. The van der Waals surface area contributed by atoms with Gasteiger partial charge in [0.15, 0.2) is 0 Å². The van der Waals surface area contributed by atoms with Crippen molar-refractivity contribution in [3.63, 3.8) is 0 Å². The molecule has 0 unspecified atom stereocenters. The number of ether oxygens (including phenoxy) is 1. The molecule has 188 valence electrons. The molecule has 2 aromatic rings. The van der Waals surface area contributed by atoms with Crippen LogP contribution < -0.4 is 10.1 Å². The highest BCUT2D eigenvalue weighted by molar-refractivity contribution is 6.10. The number of benzene rings is 1. The molecule has 0 aliphatic heterocycles. The molecule has 0 radical (unpaired) electrons. The highest BCUT2D eigenvalue weighted by Gasteiger charge is 2.33. The molecular weight excluding hydrogens is 455 g/mol. The molecule has 0 amide bonds. The van der Waals surface area contributed by atoms with Gasteiger partial charge in [0.05, 0.1) is 12.8 Å². The zero-order valence-electron chi connectivity index (χ0n) is 20.5. The number of rotatable bonds is 12. The van der Waals surface area contributed by atoms with Gasteiger partial charge in [-0.3, -0.25) is 4.99 Å². The van der Waals surface area contributed by atoms with E-state index in [1.165, 1.54) is 19.7 Å². The largest absolute Gasteiger partial charge is 0.494 e. The number of aliphatic imine (C=N–C) groups is 1. The first kappa shape index (κ1) is 27.8. The van der Waals surface area contributed by atoms with E-state index in [-0.39, 0.29) is 6.54 Å². The number of hydrogen-bond donors (Lipinski definition) is 2. The minimum atomic E-state index is -4.51. The lowest BCUT2D eigenvalue weighted by Gasteiger charge is -2.13. The van der Waals surface area contributed by atoms with Crippen LogP contribution in [0.2, 0.25) is 0 Å². The van der Waals surface area contributed by atoms with E-state index in [0.717, 1.165) is 18.9 Å². The van der Waals surface area contributed by atoms with Crippen LogP contribution in [-0.2, 0) is 0 Å². The number of unbranched alkanes of at least 4 members (excludes halogenated alkanes) is 2. The number of nitrogens with zero attached hydrogens (tertiary/aromatic N) is 3. The van der Waals surface area contributed by atoms with Gasteiger partial charge >= 0.3 is 6.18 Å². The van der Waals surface area contributed by atoms with E-state index in [4.69, 9.17) is 10.1 Å². The van der Waals surface area contributed by atoms with Gasteiger partial charge < -0.3 is 15.5 Å². The summed E-state index contributed by atoms with van der Waals surface area (Å²) < 4.78 is 45.2. The summed E-state index contributed by atoms with van der Waals surface area (Å²) in [5.41, 5.74) is 1.19. The lowest BCUT2D eigenvalue weighted by molar-refractivity contribution is -0.0925. The van der Waals surface area contributed by atoms with Gasteiger partial charge in [0, 0.05) is 23.7 Å². The minimum absolute atomic E-state index is 0.200. The smallest absolute Gasteiger partial charge is 0.433 e. The molecule has 0 saturated heterocycles. The fraction of sp³-hybridized carbons (Fsp3) is 0.385. The number of hydrogen-bond acceptors (Lipinski definition) is 6. The van der Waals surface area contributed by atoms with E-state index < -0.39 is 11.9 Å². The highest BCUT2D eigenvalue weighted by Crippen LogP contribution is 2.30. The normalized spacial score (nSPS) is 13.2. The Morgan fingerprint density at radius 3 is 2.54 bits per heavy atom. The zero-order valence-corrected chi connectivity index (χ0v) is 20.5. The Morgan fingerprint density at radius 1 is 1.17 bits per heavy atom. The topological polar surface area (TPSA) is 83.2 Å². The van der Waals surface area contributed by atoms with E-state index in [2.05, 4.69) is 27.2 Å². The Labute approximate surface area is 204 Å². The van der Waals surface area contributed by atoms with E-state index in [9.17, 15) is 13.2 Å². The van der Waals surface area contributed by atoms with Gasteiger partial charge in [0.1, 0.15) is 29.1 Å². The fourth-order valence-corrected chi connectivity index (χ4v) is 3.13. The van der Waals surface area contributed by atoms with Crippen LogP contribution in [0.25, 0.3) is 10.9 Å². The molecule has 9 heteroatoms. The monoisotopic (exact) mass is 487 g/mol. The van der Waals surface area contributed by atoms with Crippen LogP contribution in [0.5, 0.6) is 5.75 Å². The van der Waals surface area contributed by atoms with E-state index in [0.29, 0.717) is 52.2 Å². The van der Waals surface area contributed by atoms with Crippen LogP contribution in [0.3, 0.4) is 0 Å². The molecule has 0 atom stereocenters. The predicted octanol–water partition coefficient (Wildman–Crippen LogP) is 7.04. The molecule has 0 bridgehead atoms. The minimum Gasteiger partial charge on any atom is -0.494 e. The summed E-state index contributed by atoms with van der Waals surface area (Å²) in [7, 11) is 1.53. The number of nitrogens with one attached hydrogen (secondary N) is 2. The molecule has 0 spiro atoms. The summed E-state index contributed by atoms with van der Waals surface area (Å²) in [6, 6.07) is 3.56. The van der Waals surface area contributed by atoms with Crippen molar-refractivity contribution in [2.24, 2.45) is 4.99 Å². The van der Waals surface area contributed by atoms with Gasteiger partial charge in [0.25, 0.3) is 0 Å². The third kappa shape index (κ3) is 8.05. The van der Waals surface area contributed by atoms with Crippen LogP contribution in [0.15, 0.2) is 59.0 Å². The molecule has 1 aromatic carbocycles. The number of aromatic nitrogens is 2. The number of methoxy groups -OCH3 is 1. The van der Waals surface area contributed by atoms with Crippen LogP contribution in [0, 0.1) is 5.41 Å². The summed E-state index contributed by atoms with van der Waals surface area (Å²) in [5, 5.41) is 12.2. The quantitative estimate of drug-likeness (QED) is 0.315. The van der Waals surface area contributed by atoms with Crippen molar-refractivity contribution in [2.75, 3.05) is 19.0 Å². The zero-order chi connectivity index (χ0) is 25.8.